The molecule has 2 N–H and O–H groups in total. The first-order valence-corrected chi connectivity index (χ1v) is 10.7. The van der Waals surface area contributed by atoms with Crippen LogP contribution in [0.2, 0.25) is 0 Å². The lowest BCUT2D eigenvalue weighted by molar-refractivity contribution is -0.139. The average Bonchev–Trinajstić information content (AvgIpc) is 2.79. The van der Waals surface area contributed by atoms with E-state index in [-0.39, 0.29) is 16.2 Å². The predicted octanol–water partition coefficient (Wildman–Crippen LogP) is 2.91. The molecule has 4 aliphatic rings. The first-order valence-electron chi connectivity index (χ1n) is 9.25. The molecule has 0 unspecified atom stereocenters. The van der Waals surface area contributed by atoms with Crippen LogP contribution in [0.4, 0.5) is 0 Å². The van der Waals surface area contributed by atoms with Gasteiger partial charge in [-0.05, 0) is 68.9 Å². The maximum Gasteiger partial charge on any atom is 0.257 e. The van der Waals surface area contributed by atoms with Crippen LogP contribution in [-0.2, 0) is 14.8 Å². The van der Waals surface area contributed by atoms with Gasteiger partial charge in [-0.3, -0.25) is 10.2 Å². The molecule has 0 saturated heterocycles. The molecule has 0 aliphatic heterocycles. The van der Waals surface area contributed by atoms with Crippen molar-refractivity contribution in [3.63, 3.8) is 0 Å². The molecule has 5 nitrogen and oxygen atoms in total. The van der Waals surface area contributed by atoms with Gasteiger partial charge in [-0.1, -0.05) is 30.5 Å². The summed E-state index contributed by atoms with van der Waals surface area (Å²) in [7, 11) is -3.73. The molecule has 0 radical (unpaired) electrons. The zero-order valence-electron chi connectivity index (χ0n) is 14.6. The Morgan fingerprint density at radius 3 is 2.16 bits per heavy atom. The third-order valence-corrected chi connectivity index (χ3v) is 7.73. The van der Waals surface area contributed by atoms with Gasteiger partial charge in [-0.25, -0.2) is 8.42 Å². The van der Waals surface area contributed by atoms with Crippen molar-refractivity contribution in [3.8, 4) is 0 Å². The van der Waals surface area contributed by atoms with E-state index in [4.69, 9.17) is 0 Å². The number of benzene rings is 1. The van der Waals surface area contributed by atoms with Crippen LogP contribution < -0.4 is 10.3 Å². The number of fused-ring (bicyclic) bond motifs is 1. The van der Waals surface area contributed by atoms with Gasteiger partial charge in [0.1, 0.15) is 0 Å². The summed E-state index contributed by atoms with van der Waals surface area (Å²) in [6.07, 6.45) is 7.70. The third-order valence-electron chi connectivity index (χ3n) is 6.47. The summed E-state index contributed by atoms with van der Waals surface area (Å²) in [5, 5.41) is 0. The van der Waals surface area contributed by atoms with Gasteiger partial charge in [0.15, 0.2) is 0 Å². The van der Waals surface area contributed by atoms with E-state index in [0.717, 1.165) is 24.8 Å². The lowest BCUT2D eigenvalue weighted by atomic mass is 9.58. The molecule has 4 fully saturated rings. The van der Waals surface area contributed by atoms with Crippen LogP contribution >= 0.6 is 0 Å². The quantitative estimate of drug-likeness (QED) is 0.809. The average molecular weight is 362 g/mol. The molecule has 0 heterocycles. The van der Waals surface area contributed by atoms with Crippen LogP contribution in [0.3, 0.4) is 0 Å². The van der Waals surface area contributed by atoms with Gasteiger partial charge in [0.2, 0.25) is 5.91 Å². The van der Waals surface area contributed by atoms with Crippen molar-refractivity contribution in [2.24, 2.45) is 23.2 Å². The van der Waals surface area contributed by atoms with Gasteiger partial charge in [0.05, 0.1) is 10.3 Å². The number of sulfonamides is 1. The number of hydrogen-bond acceptors (Lipinski definition) is 3. The first-order chi connectivity index (χ1) is 11.9. The molecule has 0 aromatic heterocycles. The number of hydrogen-bond donors (Lipinski definition) is 2. The van der Waals surface area contributed by atoms with Crippen molar-refractivity contribution in [1.82, 2.24) is 10.3 Å². The monoisotopic (exact) mass is 362 g/mol. The molecular weight excluding hydrogens is 336 g/mol. The highest BCUT2D eigenvalue weighted by Crippen LogP contribution is 2.57. The van der Waals surface area contributed by atoms with E-state index >= 15 is 0 Å². The van der Waals surface area contributed by atoms with E-state index in [2.05, 4.69) is 10.3 Å². The lowest BCUT2D eigenvalue weighted by Gasteiger charge is -2.46. The van der Waals surface area contributed by atoms with Crippen LogP contribution in [-0.4, -0.2) is 14.3 Å². The van der Waals surface area contributed by atoms with Crippen molar-refractivity contribution in [3.05, 3.63) is 29.8 Å². The van der Waals surface area contributed by atoms with Crippen LogP contribution in [0.15, 0.2) is 29.2 Å². The maximum absolute atomic E-state index is 12.9. The Morgan fingerprint density at radius 2 is 1.56 bits per heavy atom. The molecule has 2 atom stereocenters. The fourth-order valence-electron chi connectivity index (χ4n) is 5.49. The summed E-state index contributed by atoms with van der Waals surface area (Å²) in [5.74, 6) is 1.76. The Kier molecular flexibility index (Phi) is 4.15. The van der Waals surface area contributed by atoms with E-state index < -0.39 is 10.0 Å². The fraction of sp³-hybridized carbons (Fsp3) is 0.632. The van der Waals surface area contributed by atoms with Crippen LogP contribution in [0, 0.1) is 30.1 Å². The molecule has 136 valence electrons. The highest BCUT2D eigenvalue weighted by molar-refractivity contribution is 7.89. The van der Waals surface area contributed by atoms with Crippen molar-refractivity contribution < 1.29 is 13.2 Å². The number of rotatable bonds is 4. The van der Waals surface area contributed by atoms with Gasteiger partial charge >= 0.3 is 0 Å². The fourth-order valence-corrected chi connectivity index (χ4v) is 6.33. The minimum atomic E-state index is -3.73. The summed E-state index contributed by atoms with van der Waals surface area (Å²) in [5.41, 5.74) is 3.17. The van der Waals surface area contributed by atoms with Gasteiger partial charge in [-0.15, -0.1) is 4.83 Å². The molecule has 4 bridgehead atoms. The molecule has 6 heteroatoms. The Hall–Kier alpha value is -1.40. The van der Waals surface area contributed by atoms with Crippen molar-refractivity contribution >= 4 is 15.9 Å². The highest BCUT2D eigenvalue weighted by atomic mass is 32.2. The number of carbonyl (C=O) groups is 1. The third kappa shape index (κ3) is 3.22. The minimum Gasteiger partial charge on any atom is -0.277 e. The number of nitrogens with one attached hydrogen (secondary N) is 2. The molecule has 1 aromatic carbocycles. The molecule has 0 spiro atoms. The van der Waals surface area contributed by atoms with E-state index in [1.807, 2.05) is 6.92 Å². The van der Waals surface area contributed by atoms with E-state index in [1.54, 1.807) is 24.3 Å². The minimum absolute atomic E-state index is 0.135. The van der Waals surface area contributed by atoms with Crippen LogP contribution in [0.25, 0.3) is 0 Å². The van der Waals surface area contributed by atoms with Gasteiger partial charge in [-0.2, -0.15) is 0 Å². The van der Waals surface area contributed by atoms with Crippen molar-refractivity contribution in [1.29, 1.82) is 0 Å². The predicted molar refractivity (Wildman–Crippen MR) is 94.9 cm³/mol. The highest BCUT2D eigenvalue weighted by Gasteiger charge is 2.52. The summed E-state index contributed by atoms with van der Waals surface area (Å²) < 4.78 is 24.8. The zero-order valence-corrected chi connectivity index (χ0v) is 15.4. The second-order valence-corrected chi connectivity index (χ2v) is 10.1. The number of aryl methyl sites for hydroxylation is 1. The normalized spacial score (nSPS) is 33.9. The van der Waals surface area contributed by atoms with E-state index in [0.29, 0.717) is 17.8 Å². The van der Waals surface area contributed by atoms with Gasteiger partial charge in [0.25, 0.3) is 10.0 Å². The number of amides is 1. The maximum atomic E-state index is 12.9. The Labute approximate surface area is 149 Å². The standard InChI is InChI=1S/C19H26N2O3S/c1-13-2-6-17(7-3-13)25(23,24)21-20-18(22)19-10-14-4-5-15(11-19)9-16(8-14)12-19/h2-3,6-7,14-16,21H,4-5,8-12H2,1H3,(H,20,22)/t14-,15-,16?,19?/m0/s1. The zero-order chi connectivity index (χ0) is 17.7. The molecule has 5 rings (SSSR count). The Morgan fingerprint density at radius 1 is 1.00 bits per heavy atom. The summed E-state index contributed by atoms with van der Waals surface area (Å²) in [6.45, 7) is 1.90. The van der Waals surface area contributed by atoms with Crippen molar-refractivity contribution in [2.75, 3.05) is 0 Å². The molecule has 4 aliphatic carbocycles. The molecule has 1 aromatic rings. The van der Waals surface area contributed by atoms with Crippen LogP contribution in [0.1, 0.15) is 50.5 Å². The SMILES string of the molecule is Cc1ccc(S(=O)(=O)NNC(=O)C23CC4C[C@H](CC[C@@H](C4)C2)C3)cc1. The molecule has 4 saturated carbocycles. The molecule has 25 heavy (non-hydrogen) atoms. The second kappa shape index (κ2) is 6.09. The van der Waals surface area contributed by atoms with E-state index in [1.165, 1.54) is 25.7 Å². The topological polar surface area (TPSA) is 75.3 Å². The first kappa shape index (κ1) is 17.0. The summed E-state index contributed by atoms with van der Waals surface area (Å²) >= 11 is 0. The molecule has 1 amide bonds. The van der Waals surface area contributed by atoms with E-state index in [9.17, 15) is 13.2 Å². The number of hydrazine groups is 1. The molecular formula is C19H26N2O3S. The largest absolute Gasteiger partial charge is 0.277 e. The Balaban J connectivity index is 1.48. The van der Waals surface area contributed by atoms with Crippen molar-refractivity contribution in [2.45, 2.75) is 56.8 Å². The second-order valence-electron chi connectivity index (χ2n) is 8.41. The Bertz CT molecular complexity index is 756. The lowest BCUT2D eigenvalue weighted by Crippen LogP contribution is -2.53. The summed E-state index contributed by atoms with van der Waals surface area (Å²) in [6, 6.07) is 6.61. The smallest absolute Gasteiger partial charge is 0.257 e. The van der Waals surface area contributed by atoms with Gasteiger partial charge < -0.3 is 0 Å². The number of carbonyl (C=O) groups excluding carboxylic acids is 1. The van der Waals surface area contributed by atoms with Gasteiger partial charge in [0, 0.05) is 0 Å². The van der Waals surface area contributed by atoms with Crippen LogP contribution in [0.5, 0.6) is 0 Å². The summed E-state index contributed by atoms with van der Waals surface area (Å²) in [4.78, 5) is 15.4.